The van der Waals surface area contributed by atoms with Crippen molar-refractivity contribution in [1.29, 1.82) is 0 Å². The first-order chi connectivity index (χ1) is 8.23. The second kappa shape index (κ2) is 4.42. The molecule has 0 unspecified atom stereocenters. The summed E-state index contributed by atoms with van der Waals surface area (Å²) in [5.41, 5.74) is -0.502. The Bertz CT molecular complexity index is 325. The number of hydrogen-bond donors (Lipinski definition) is 3. The van der Waals surface area contributed by atoms with E-state index in [0.717, 1.165) is 12.8 Å². The monoisotopic (exact) mass is 255 g/mol. The fourth-order valence-corrected chi connectivity index (χ4v) is 2.85. The van der Waals surface area contributed by atoms with Crippen LogP contribution in [0.3, 0.4) is 0 Å². The zero-order valence-electron chi connectivity index (χ0n) is 11.3. The molecule has 0 aromatic carbocycles. The second-order valence-electron chi connectivity index (χ2n) is 6.63. The van der Waals surface area contributed by atoms with Gasteiger partial charge in [-0.3, -0.25) is 0 Å². The van der Waals surface area contributed by atoms with Gasteiger partial charge < -0.3 is 20.1 Å². The lowest BCUT2D eigenvalue weighted by atomic mass is 9.43. The SMILES string of the molecule is CC(C)(C)OC(=O)NC1CC(B(O)O)(C2CC2)C1. The van der Waals surface area contributed by atoms with Gasteiger partial charge in [-0.05, 0) is 39.5 Å². The molecule has 1 amide bonds. The molecule has 0 spiro atoms. The van der Waals surface area contributed by atoms with Crippen LogP contribution in [0.15, 0.2) is 0 Å². The zero-order valence-corrected chi connectivity index (χ0v) is 11.3. The summed E-state index contributed by atoms with van der Waals surface area (Å²) in [6, 6.07) is 0.00208. The van der Waals surface area contributed by atoms with Crippen molar-refractivity contribution in [2.24, 2.45) is 5.92 Å². The smallest absolute Gasteiger partial charge is 0.444 e. The molecule has 2 aliphatic carbocycles. The van der Waals surface area contributed by atoms with Gasteiger partial charge in [0.15, 0.2) is 0 Å². The molecule has 0 saturated heterocycles. The van der Waals surface area contributed by atoms with Crippen molar-refractivity contribution in [3.63, 3.8) is 0 Å². The number of hydrogen-bond acceptors (Lipinski definition) is 4. The molecule has 5 nitrogen and oxygen atoms in total. The van der Waals surface area contributed by atoms with E-state index in [4.69, 9.17) is 4.74 Å². The minimum atomic E-state index is -1.28. The van der Waals surface area contributed by atoms with Crippen LogP contribution in [0, 0.1) is 5.92 Å². The summed E-state index contributed by atoms with van der Waals surface area (Å²) < 4.78 is 5.17. The Morgan fingerprint density at radius 2 is 1.89 bits per heavy atom. The fourth-order valence-electron chi connectivity index (χ4n) is 2.85. The highest BCUT2D eigenvalue weighted by molar-refractivity contribution is 6.46. The Labute approximate surface area is 108 Å². The molecule has 2 rings (SSSR count). The summed E-state index contributed by atoms with van der Waals surface area (Å²) in [5.74, 6) is 0.411. The van der Waals surface area contributed by atoms with E-state index in [9.17, 15) is 14.8 Å². The van der Waals surface area contributed by atoms with Gasteiger partial charge >= 0.3 is 13.2 Å². The van der Waals surface area contributed by atoms with Crippen LogP contribution in [0.1, 0.15) is 46.5 Å². The van der Waals surface area contributed by atoms with Crippen LogP contribution in [0.25, 0.3) is 0 Å². The average molecular weight is 255 g/mol. The summed E-state index contributed by atoms with van der Waals surface area (Å²) in [6.07, 6.45) is 2.97. The molecule has 0 aromatic rings. The molecule has 0 bridgehead atoms. The van der Waals surface area contributed by atoms with Crippen LogP contribution in [-0.4, -0.2) is 34.9 Å². The van der Waals surface area contributed by atoms with Crippen molar-refractivity contribution >= 4 is 13.2 Å². The lowest BCUT2D eigenvalue weighted by molar-refractivity contribution is 0.0435. The van der Waals surface area contributed by atoms with Crippen molar-refractivity contribution in [3.8, 4) is 0 Å². The van der Waals surface area contributed by atoms with Crippen molar-refractivity contribution in [3.05, 3.63) is 0 Å². The molecule has 0 atom stereocenters. The molecular formula is C12H22BNO4. The molecule has 0 radical (unpaired) electrons. The summed E-state index contributed by atoms with van der Waals surface area (Å²) in [6.45, 7) is 5.46. The first kappa shape index (κ1) is 13.7. The summed E-state index contributed by atoms with van der Waals surface area (Å²) in [4.78, 5) is 11.6. The predicted octanol–water partition coefficient (Wildman–Crippen LogP) is 1.30. The number of alkyl carbamates (subject to hydrolysis) is 1. The standard InChI is InChI=1S/C12H22BNO4/c1-11(2,3)18-10(15)14-9-6-12(7-9,13(16)17)8-4-5-8/h8-9,16-17H,4-7H2,1-3H3,(H,14,15). The van der Waals surface area contributed by atoms with Gasteiger partial charge in [-0.1, -0.05) is 12.8 Å². The van der Waals surface area contributed by atoms with Gasteiger partial charge in [-0.2, -0.15) is 0 Å². The highest BCUT2D eigenvalue weighted by Crippen LogP contribution is 2.63. The third-order valence-electron chi connectivity index (χ3n) is 3.88. The molecular weight excluding hydrogens is 233 g/mol. The van der Waals surface area contributed by atoms with Crippen molar-refractivity contribution in [1.82, 2.24) is 5.32 Å². The minimum Gasteiger partial charge on any atom is -0.444 e. The molecule has 2 aliphatic rings. The van der Waals surface area contributed by atoms with E-state index in [2.05, 4.69) is 5.32 Å². The third kappa shape index (κ3) is 2.80. The lowest BCUT2D eigenvalue weighted by Crippen LogP contribution is -2.55. The Morgan fingerprint density at radius 3 is 2.28 bits per heavy atom. The van der Waals surface area contributed by atoms with Crippen LogP contribution in [0.4, 0.5) is 4.79 Å². The molecule has 0 heterocycles. The predicted molar refractivity (Wildman–Crippen MR) is 68.0 cm³/mol. The minimum absolute atomic E-state index is 0.00208. The molecule has 6 heteroatoms. The van der Waals surface area contributed by atoms with Crippen LogP contribution in [-0.2, 0) is 4.74 Å². The molecule has 102 valence electrons. The maximum atomic E-state index is 11.6. The number of nitrogens with one attached hydrogen (secondary N) is 1. The van der Waals surface area contributed by atoms with Gasteiger partial charge in [0.25, 0.3) is 0 Å². The summed E-state index contributed by atoms with van der Waals surface area (Å²) in [5, 5.41) is 21.4. The Kier molecular flexibility index (Phi) is 3.36. The van der Waals surface area contributed by atoms with E-state index < -0.39 is 18.8 Å². The lowest BCUT2D eigenvalue weighted by Gasteiger charge is -2.47. The molecule has 18 heavy (non-hydrogen) atoms. The van der Waals surface area contributed by atoms with Gasteiger partial charge in [0.05, 0.1) is 0 Å². The van der Waals surface area contributed by atoms with Crippen molar-refractivity contribution < 1.29 is 19.6 Å². The van der Waals surface area contributed by atoms with Crippen LogP contribution in [0.5, 0.6) is 0 Å². The summed E-state index contributed by atoms with van der Waals surface area (Å²) in [7, 11) is -1.28. The first-order valence-corrected chi connectivity index (χ1v) is 6.58. The molecule has 0 aliphatic heterocycles. The molecule has 2 saturated carbocycles. The van der Waals surface area contributed by atoms with Gasteiger partial charge in [-0.25, -0.2) is 4.79 Å². The topological polar surface area (TPSA) is 78.8 Å². The van der Waals surface area contributed by atoms with Gasteiger partial charge in [0.2, 0.25) is 0 Å². The van der Waals surface area contributed by atoms with E-state index >= 15 is 0 Å². The Hall–Kier alpha value is -0.745. The van der Waals surface area contributed by atoms with Crippen LogP contribution in [0.2, 0.25) is 5.31 Å². The van der Waals surface area contributed by atoms with Gasteiger partial charge in [-0.15, -0.1) is 0 Å². The van der Waals surface area contributed by atoms with E-state index in [0.29, 0.717) is 18.8 Å². The highest BCUT2D eigenvalue weighted by atomic mass is 16.6. The van der Waals surface area contributed by atoms with E-state index in [1.165, 1.54) is 0 Å². The second-order valence-corrected chi connectivity index (χ2v) is 6.63. The maximum absolute atomic E-state index is 11.6. The maximum Gasteiger partial charge on any atom is 0.458 e. The normalized spacial score (nSPS) is 31.5. The summed E-state index contributed by atoms with van der Waals surface area (Å²) >= 11 is 0. The number of carbonyl (C=O) groups is 1. The van der Waals surface area contributed by atoms with Crippen LogP contribution < -0.4 is 5.32 Å². The van der Waals surface area contributed by atoms with E-state index in [1.54, 1.807) is 0 Å². The largest absolute Gasteiger partial charge is 0.458 e. The Balaban J connectivity index is 1.80. The fraction of sp³-hybridized carbons (Fsp3) is 0.917. The average Bonchev–Trinajstić information content (AvgIpc) is 2.89. The molecule has 3 N–H and O–H groups in total. The van der Waals surface area contributed by atoms with E-state index in [1.807, 2.05) is 20.8 Å². The van der Waals surface area contributed by atoms with Crippen molar-refractivity contribution in [2.75, 3.05) is 0 Å². The Morgan fingerprint density at radius 1 is 1.33 bits per heavy atom. The quantitative estimate of drug-likeness (QED) is 0.664. The molecule has 2 fully saturated rings. The highest BCUT2D eigenvalue weighted by Gasteiger charge is 2.60. The number of rotatable bonds is 3. The zero-order chi connectivity index (χ0) is 13.6. The van der Waals surface area contributed by atoms with E-state index in [-0.39, 0.29) is 11.4 Å². The third-order valence-corrected chi connectivity index (χ3v) is 3.88. The number of amides is 1. The first-order valence-electron chi connectivity index (χ1n) is 6.58. The van der Waals surface area contributed by atoms with Gasteiger partial charge in [0.1, 0.15) is 5.60 Å². The van der Waals surface area contributed by atoms with Crippen LogP contribution >= 0.6 is 0 Å². The number of carbonyl (C=O) groups excluding carboxylic acids is 1. The molecule has 0 aromatic heterocycles. The number of ether oxygens (including phenoxy) is 1. The van der Waals surface area contributed by atoms with Crippen molar-refractivity contribution in [2.45, 2.75) is 63.4 Å². The van der Waals surface area contributed by atoms with Gasteiger partial charge in [0, 0.05) is 11.4 Å².